The molecule has 0 radical (unpaired) electrons. The van der Waals surface area contributed by atoms with Gasteiger partial charge in [-0.05, 0) is 35.6 Å². The van der Waals surface area contributed by atoms with Crippen LogP contribution in [0.25, 0.3) is 10.8 Å². The molecule has 2 aromatic carbocycles. The Balaban J connectivity index is 2.08. The molecule has 0 aromatic heterocycles. The molecule has 2 unspecified atom stereocenters. The second-order valence-electron chi connectivity index (χ2n) is 4.63. The van der Waals surface area contributed by atoms with Crippen molar-refractivity contribution < 1.29 is 4.79 Å². The Labute approximate surface area is 95.1 Å². The number of carbonyl (C=O) groups is 1. The third-order valence-corrected chi connectivity index (χ3v) is 3.54. The molecule has 2 atom stereocenters. The molecule has 0 spiro atoms. The summed E-state index contributed by atoms with van der Waals surface area (Å²) >= 11 is 0. The smallest absolute Gasteiger partial charge is 0.133 e. The predicted molar refractivity (Wildman–Crippen MR) is 65.5 cm³/mol. The first-order valence-corrected chi connectivity index (χ1v) is 5.75. The van der Waals surface area contributed by atoms with Gasteiger partial charge in [0.25, 0.3) is 0 Å². The zero-order valence-electron chi connectivity index (χ0n) is 9.31. The highest BCUT2D eigenvalue weighted by molar-refractivity contribution is 5.89. The minimum atomic E-state index is 0.269. The van der Waals surface area contributed by atoms with Gasteiger partial charge in [0, 0.05) is 5.92 Å². The molecular formula is C15H14O. The maximum absolute atomic E-state index is 11.3. The van der Waals surface area contributed by atoms with E-state index in [0.29, 0.717) is 11.7 Å². The zero-order valence-corrected chi connectivity index (χ0v) is 9.31. The zero-order chi connectivity index (χ0) is 11.1. The van der Waals surface area contributed by atoms with E-state index in [0.717, 1.165) is 6.42 Å². The summed E-state index contributed by atoms with van der Waals surface area (Å²) in [6, 6.07) is 14.8. The molecule has 0 heterocycles. The van der Waals surface area contributed by atoms with Gasteiger partial charge < -0.3 is 0 Å². The SMILES string of the molecule is CC(=O)C1CC1c1cccc2ccccc12. The quantitative estimate of drug-likeness (QED) is 0.741. The number of rotatable bonds is 2. The van der Waals surface area contributed by atoms with Gasteiger partial charge in [-0.15, -0.1) is 0 Å². The summed E-state index contributed by atoms with van der Waals surface area (Å²) < 4.78 is 0. The maximum atomic E-state index is 11.3. The van der Waals surface area contributed by atoms with Crippen LogP contribution in [0.2, 0.25) is 0 Å². The number of hydrogen-bond donors (Lipinski definition) is 0. The Bertz CT molecular complexity index is 551. The standard InChI is InChI=1S/C15H14O/c1-10(16)14-9-15(14)13-8-4-6-11-5-2-3-7-12(11)13/h2-8,14-15H,9H2,1H3. The van der Waals surface area contributed by atoms with Crippen LogP contribution in [-0.2, 0) is 4.79 Å². The highest BCUT2D eigenvalue weighted by atomic mass is 16.1. The van der Waals surface area contributed by atoms with Crippen molar-refractivity contribution in [3.05, 3.63) is 48.0 Å². The van der Waals surface area contributed by atoms with Crippen molar-refractivity contribution in [2.45, 2.75) is 19.3 Å². The van der Waals surface area contributed by atoms with Crippen molar-refractivity contribution in [3.8, 4) is 0 Å². The second kappa shape index (κ2) is 3.44. The van der Waals surface area contributed by atoms with Crippen LogP contribution in [0.1, 0.15) is 24.8 Å². The molecule has 2 aromatic rings. The lowest BCUT2D eigenvalue weighted by Crippen LogP contribution is -1.95. The molecule has 1 nitrogen and oxygen atoms in total. The molecule has 1 aliphatic carbocycles. The number of ketones is 1. The van der Waals surface area contributed by atoms with Crippen LogP contribution >= 0.6 is 0 Å². The summed E-state index contributed by atoms with van der Waals surface area (Å²) in [6.45, 7) is 1.70. The third kappa shape index (κ3) is 1.44. The molecule has 1 aliphatic rings. The number of fused-ring (bicyclic) bond motifs is 1. The van der Waals surface area contributed by atoms with Crippen LogP contribution in [0.4, 0.5) is 0 Å². The van der Waals surface area contributed by atoms with Crippen LogP contribution in [0.5, 0.6) is 0 Å². The van der Waals surface area contributed by atoms with E-state index in [-0.39, 0.29) is 5.92 Å². The summed E-state index contributed by atoms with van der Waals surface area (Å²) in [5.41, 5.74) is 1.35. The topological polar surface area (TPSA) is 17.1 Å². The number of hydrogen-bond acceptors (Lipinski definition) is 1. The van der Waals surface area contributed by atoms with Gasteiger partial charge in [0.1, 0.15) is 5.78 Å². The van der Waals surface area contributed by atoms with E-state index >= 15 is 0 Å². The minimum absolute atomic E-state index is 0.269. The molecule has 1 saturated carbocycles. The molecule has 16 heavy (non-hydrogen) atoms. The molecule has 80 valence electrons. The average molecular weight is 210 g/mol. The summed E-state index contributed by atoms with van der Waals surface area (Å²) in [6.07, 6.45) is 1.03. The molecule has 1 fully saturated rings. The van der Waals surface area contributed by atoms with E-state index in [1.54, 1.807) is 6.92 Å². The maximum Gasteiger partial charge on any atom is 0.133 e. The monoisotopic (exact) mass is 210 g/mol. The summed E-state index contributed by atoms with van der Waals surface area (Å²) in [5.74, 6) is 1.06. The second-order valence-corrected chi connectivity index (χ2v) is 4.63. The van der Waals surface area contributed by atoms with E-state index in [1.807, 2.05) is 0 Å². The van der Waals surface area contributed by atoms with Gasteiger partial charge in [-0.2, -0.15) is 0 Å². The van der Waals surface area contributed by atoms with Crippen molar-refractivity contribution in [3.63, 3.8) is 0 Å². The van der Waals surface area contributed by atoms with E-state index in [1.165, 1.54) is 16.3 Å². The Morgan fingerprint density at radius 3 is 2.62 bits per heavy atom. The first-order chi connectivity index (χ1) is 7.77. The fourth-order valence-corrected chi connectivity index (χ4v) is 2.56. The Morgan fingerprint density at radius 1 is 1.12 bits per heavy atom. The molecule has 0 bridgehead atoms. The van der Waals surface area contributed by atoms with E-state index in [2.05, 4.69) is 42.5 Å². The Morgan fingerprint density at radius 2 is 1.88 bits per heavy atom. The largest absolute Gasteiger partial charge is 0.300 e. The summed E-state index contributed by atoms with van der Waals surface area (Å²) in [7, 11) is 0. The molecule has 0 aliphatic heterocycles. The van der Waals surface area contributed by atoms with Gasteiger partial charge in [-0.1, -0.05) is 42.5 Å². The van der Waals surface area contributed by atoms with Crippen molar-refractivity contribution >= 4 is 16.6 Å². The summed E-state index contributed by atoms with van der Waals surface area (Å²) in [4.78, 5) is 11.3. The fraction of sp³-hybridized carbons (Fsp3) is 0.267. The van der Waals surface area contributed by atoms with Crippen LogP contribution in [0.3, 0.4) is 0 Å². The van der Waals surface area contributed by atoms with Gasteiger partial charge >= 0.3 is 0 Å². The molecule has 3 rings (SSSR count). The van der Waals surface area contributed by atoms with E-state index in [4.69, 9.17) is 0 Å². The van der Waals surface area contributed by atoms with Crippen LogP contribution in [0.15, 0.2) is 42.5 Å². The average Bonchev–Trinajstić information content (AvgIpc) is 3.08. The number of benzene rings is 2. The molecule has 1 heteroatoms. The van der Waals surface area contributed by atoms with Gasteiger partial charge in [0.15, 0.2) is 0 Å². The first-order valence-electron chi connectivity index (χ1n) is 5.75. The van der Waals surface area contributed by atoms with Gasteiger partial charge in [-0.25, -0.2) is 0 Å². The van der Waals surface area contributed by atoms with Gasteiger partial charge in [0.2, 0.25) is 0 Å². The Hall–Kier alpha value is -1.63. The van der Waals surface area contributed by atoms with Gasteiger partial charge in [0.05, 0.1) is 0 Å². The van der Waals surface area contributed by atoms with Crippen LogP contribution < -0.4 is 0 Å². The van der Waals surface area contributed by atoms with Gasteiger partial charge in [-0.3, -0.25) is 4.79 Å². The highest BCUT2D eigenvalue weighted by Gasteiger charge is 2.42. The van der Waals surface area contributed by atoms with Crippen molar-refractivity contribution in [2.24, 2.45) is 5.92 Å². The first kappa shape index (κ1) is 9.59. The fourth-order valence-electron chi connectivity index (χ4n) is 2.56. The van der Waals surface area contributed by atoms with Crippen LogP contribution in [-0.4, -0.2) is 5.78 Å². The highest BCUT2D eigenvalue weighted by Crippen LogP contribution is 2.49. The molecular weight excluding hydrogens is 196 g/mol. The number of carbonyl (C=O) groups excluding carboxylic acids is 1. The molecule has 0 N–H and O–H groups in total. The lowest BCUT2D eigenvalue weighted by Gasteiger charge is -2.05. The predicted octanol–water partition coefficient (Wildman–Crippen LogP) is 3.53. The minimum Gasteiger partial charge on any atom is -0.300 e. The summed E-state index contributed by atoms with van der Waals surface area (Å²) in [5, 5.41) is 2.58. The normalized spacial score (nSPS) is 23.3. The Kier molecular flexibility index (Phi) is 2.06. The van der Waals surface area contributed by atoms with E-state index < -0.39 is 0 Å². The molecule has 0 amide bonds. The molecule has 0 saturated heterocycles. The third-order valence-electron chi connectivity index (χ3n) is 3.54. The lowest BCUT2D eigenvalue weighted by atomic mass is 10.00. The van der Waals surface area contributed by atoms with Crippen molar-refractivity contribution in [1.29, 1.82) is 0 Å². The van der Waals surface area contributed by atoms with Crippen LogP contribution in [0, 0.1) is 5.92 Å². The number of Topliss-reactive ketones (excluding diaryl/α,β-unsaturated/α-hetero) is 1. The van der Waals surface area contributed by atoms with E-state index in [9.17, 15) is 4.79 Å². The van der Waals surface area contributed by atoms with Crippen molar-refractivity contribution in [1.82, 2.24) is 0 Å². The van der Waals surface area contributed by atoms with Crippen molar-refractivity contribution in [2.75, 3.05) is 0 Å². The lowest BCUT2D eigenvalue weighted by molar-refractivity contribution is -0.118.